The summed E-state index contributed by atoms with van der Waals surface area (Å²) in [6.07, 6.45) is 0. The molecule has 2 aromatic carbocycles. The Morgan fingerprint density at radius 1 is 1.13 bits per heavy atom. The second-order valence-corrected chi connectivity index (χ2v) is 3.19. The zero-order valence-electron chi connectivity index (χ0n) is 8.14. The van der Waals surface area contributed by atoms with Crippen molar-refractivity contribution in [2.24, 2.45) is 5.73 Å². The Morgan fingerprint density at radius 3 is 2.60 bits per heavy atom. The third kappa shape index (κ3) is 2.14. The van der Waals surface area contributed by atoms with Crippen LogP contribution in [0.3, 0.4) is 0 Å². The number of rotatable bonds is 2. The van der Waals surface area contributed by atoms with Crippen LogP contribution in [0, 0.1) is 0 Å². The van der Waals surface area contributed by atoms with E-state index in [2.05, 4.69) is 0 Å². The first-order valence-electron chi connectivity index (χ1n) is 4.69. The highest BCUT2D eigenvalue weighted by Gasteiger charge is 2.02. The molecule has 15 heavy (non-hydrogen) atoms. The molecule has 0 fully saturated rings. The molecule has 3 heteroatoms. The highest BCUT2D eigenvalue weighted by atomic mass is 16.5. The van der Waals surface area contributed by atoms with E-state index >= 15 is 0 Å². The van der Waals surface area contributed by atoms with Gasteiger partial charge in [-0.3, -0.25) is 4.79 Å². The Kier molecular flexibility index (Phi) is 2.65. The Balaban J connectivity index is 2.34. The number of fused-ring (bicyclic) bond motifs is 1. The fourth-order valence-electron chi connectivity index (χ4n) is 1.40. The van der Waals surface area contributed by atoms with Crippen molar-refractivity contribution in [2.75, 3.05) is 6.54 Å². The van der Waals surface area contributed by atoms with E-state index in [0.717, 1.165) is 10.8 Å². The van der Waals surface area contributed by atoms with Gasteiger partial charge in [-0.1, -0.05) is 30.3 Å². The summed E-state index contributed by atoms with van der Waals surface area (Å²) in [4.78, 5) is 11.0. The minimum atomic E-state index is -0.426. The molecule has 0 amide bonds. The molecule has 0 heterocycles. The van der Waals surface area contributed by atoms with Gasteiger partial charge in [0.25, 0.3) is 0 Å². The van der Waals surface area contributed by atoms with E-state index in [1.54, 1.807) is 6.07 Å². The SMILES string of the molecule is NCC(=O)Oc1ccc2ccccc2c1. The summed E-state index contributed by atoms with van der Waals surface area (Å²) in [7, 11) is 0. The molecule has 2 aromatic rings. The average molecular weight is 201 g/mol. The number of carbonyl (C=O) groups is 1. The van der Waals surface area contributed by atoms with Gasteiger partial charge < -0.3 is 10.5 Å². The van der Waals surface area contributed by atoms with Gasteiger partial charge in [0.1, 0.15) is 5.75 Å². The van der Waals surface area contributed by atoms with Crippen LogP contribution in [0.1, 0.15) is 0 Å². The lowest BCUT2D eigenvalue weighted by molar-refractivity contribution is -0.132. The largest absolute Gasteiger partial charge is 0.426 e. The highest BCUT2D eigenvalue weighted by Crippen LogP contribution is 2.20. The summed E-state index contributed by atoms with van der Waals surface area (Å²) < 4.78 is 5.01. The Hall–Kier alpha value is -1.87. The molecular formula is C12H11NO2. The number of hydrogen-bond donors (Lipinski definition) is 1. The standard InChI is InChI=1S/C12H11NO2/c13-8-12(14)15-11-6-5-9-3-1-2-4-10(9)7-11/h1-7H,8,13H2. The Morgan fingerprint density at radius 2 is 1.87 bits per heavy atom. The van der Waals surface area contributed by atoms with E-state index in [1.807, 2.05) is 36.4 Å². The van der Waals surface area contributed by atoms with Gasteiger partial charge in [-0.05, 0) is 22.9 Å². The van der Waals surface area contributed by atoms with Crippen LogP contribution in [0.4, 0.5) is 0 Å². The number of nitrogens with two attached hydrogens (primary N) is 1. The molecule has 0 saturated heterocycles. The lowest BCUT2D eigenvalue weighted by Crippen LogP contribution is -2.19. The first-order chi connectivity index (χ1) is 7.29. The maximum Gasteiger partial charge on any atom is 0.325 e. The smallest absolute Gasteiger partial charge is 0.325 e. The predicted molar refractivity (Wildman–Crippen MR) is 58.6 cm³/mol. The zero-order chi connectivity index (χ0) is 10.7. The molecule has 0 aromatic heterocycles. The van der Waals surface area contributed by atoms with Gasteiger partial charge in [0.2, 0.25) is 0 Å². The minimum Gasteiger partial charge on any atom is -0.426 e. The number of esters is 1. The maximum atomic E-state index is 11.0. The topological polar surface area (TPSA) is 52.3 Å². The van der Waals surface area contributed by atoms with Gasteiger partial charge in [-0.2, -0.15) is 0 Å². The first-order valence-corrected chi connectivity index (χ1v) is 4.69. The van der Waals surface area contributed by atoms with Crippen LogP contribution >= 0.6 is 0 Å². The first kappa shape index (κ1) is 9.68. The molecule has 0 atom stereocenters. The summed E-state index contributed by atoms with van der Waals surface area (Å²) in [5.41, 5.74) is 5.16. The van der Waals surface area contributed by atoms with Crippen molar-refractivity contribution in [1.29, 1.82) is 0 Å². The molecule has 3 nitrogen and oxygen atoms in total. The second-order valence-electron chi connectivity index (χ2n) is 3.19. The van der Waals surface area contributed by atoms with E-state index in [-0.39, 0.29) is 6.54 Å². The molecule has 0 aliphatic heterocycles. The van der Waals surface area contributed by atoms with Gasteiger partial charge in [-0.25, -0.2) is 0 Å². The fraction of sp³-hybridized carbons (Fsp3) is 0.0833. The Labute approximate surface area is 87.5 Å². The summed E-state index contributed by atoms with van der Waals surface area (Å²) in [6.45, 7) is -0.104. The van der Waals surface area contributed by atoms with Crippen molar-refractivity contribution < 1.29 is 9.53 Å². The molecule has 0 aliphatic carbocycles. The third-order valence-electron chi connectivity index (χ3n) is 2.12. The van der Waals surface area contributed by atoms with Crippen LogP contribution < -0.4 is 10.5 Å². The monoisotopic (exact) mass is 201 g/mol. The fourth-order valence-corrected chi connectivity index (χ4v) is 1.40. The zero-order valence-corrected chi connectivity index (χ0v) is 8.14. The maximum absolute atomic E-state index is 11.0. The van der Waals surface area contributed by atoms with Crippen LogP contribution in [0.25, 0.3) is 10.8 Å². The van der Waals surface area contributed by atoms with E-state index in [0.29, 0.717) is 5.75 Å². The molecule has 0 aliphatic rings. The van der Waals surface area contributed by atoms with Crippen molar-refractivity contribution in [3.8, 4) is 5.75 Å². The minimum absolute atomic E-state index is 0.104. The lowest BCUT2D eigenvalue weighted by Gasteiger charge is -2.03. The number of hydrogen-bond acceptors (Lipinski definition) is 3. The van der Waals surface area contributed by atoms with Crippen molar-refractivity contribution in [3.63, 3.8) is 0 Å². The van der Waals surface area contributed by atoms with Gasteiger partial charge >= 0.3 is 5.97 Å². The van der Waals surface area contributed by atoms with E-state index in [1.165, 1.54) is 0 Å². The molecule has 0 bridgehead atoms. The van der Waals surface area contributed by atoms with Crippen LogP contribution in [0.2, 0.25) is 0 Å². The number of ether oxygens (including phenoxy) is 1. The van der Waals surface area contributed by atoms with Crippen molar-refractivity contribution in [1.82, 2.24) is 0 Å². The van der Waals surface area contributed by atoms with Crippen molar-refractivity contribution >= 4 is 16.7 Å². The van der Waals surface area contributed by atoms with Gasteiger partial charge in [0.05, 0.1) is 6.54 Å². The molecule has 2 N–H and O–H groups in total. The average Bonchev–Trinajstić information content (AvgIpc) is 2.29. The van der Waals surface area contributed by atoms with E-state index < -0.39 is 5.97 Å². The summed E-state index contributed by atoms with van der Waals surface area (Å²) in [6, 6.07) is 13.4. The molecule has 76 valence electrons. The summed E-state index contributed by atoms with van der Waals surface area (Å²) in [5, 5.41) is 2.16. The van der Waals surface area contributed by atoms with E-state index in [4.69, 9.17) is 10.5 Å². The van der Waals surface area contributed by atoms with Crippen LogP contribution in [-0.2, 0) is 4.79 Å². The van der Waals surface area contributed by atoms with Gasteiger partial charge in [-0.15, -0.1) is 0 Å². The molecular weight excluding hydrogens is 190 g/mol. The quantitative estimate of drug-likeness (QED) is 0.594. The molecule has 2 rings (SSSR count). The van der Waals surface area contributed by atoms with Crippen LogP contribution in [-0.4, -0.2) is 12.5 Å². The second kappa shape index (κ2) is 4.11. The van der Waals surface area contributed by atoms with Gasteiger partial charge in [0.15, 0.2) is 0 Å². The molecule has 0 saturated carbocycles. The number of benzene rings is 2. The predicted octanol–water partition coefficient (Wildman–Crippen LogP) is 1.70. The van der Waals surface area contributed by atoms with Crippen molar-refractivity contribution in [3.05, 3.63) is 42.5 Å². The summed E-state index contributed by atoms with van der Waals surface area (Å²) >= 11 is 0. The van der Waals surface area contributed by atoms with Crippen LogP contribution in [0.15, 0.2) is 42.5 Å². The Bertz CT molecular complexity index is 494. The molecule has 0 radical (unpaired) electrons. The normalized spacial score (nSPS) is 10.2. The summed E-state index contributed by atoms with van der Waals surface area (Å²) in [5.74, 6) is 0.106. The molecule has 0 spiro atoms. The third-order valence-corrected chi connectivity index (χ3v) is 2.12. The van der Waals surface area contributed by atoms with Crippen molar-refractivity contribution in [2.45, 2.75) is 0 Å². The lowest BCUT2D eigenvalue weighted by atomic mass is 10.1. The highest BCUT2D eigenvalue weighted by molar-refractivity contribution is 5.84. The number of carbonyl (C=O) groups excluding carboxylic acids is 1. The van der Waals surface area contributed by atoms with E-state index in [9.17, 15) is 4.79 Å². The molecule has 0 unspecified atom stereocenters. The van der Waals surface area contributed by atoms with Gasteiger partial charge in [0, 0.05) is 0 Å². The van der Waals surface area contributed by atoms with Crippen LogP contribution in [0.5, 0.6) is 5.75 Å².